The molecule has 0 spiro atoms. The van der Waals surface area contributed by atoms with E-state index in [1.54, 1.807) is 43.6 Å². The molecule has 186 valence electrons. The lowest BCUT2D eigenvalue weighted by Crippen LogP contribution is -2.28. The fourth-order valence-corrected chi connectivity index (χ4v) is 4.23. The van der Waals surface area contributed by atoms with E-state index in [9.17, 15) is 13.2 Å². The normalized spacial score (nSPS) is 14.1. The highest BCUT2D eigenvalue weighted by Crippen LogP contribution is 2.28. The van der Waals surface area contributed by atoms with Gasteiger partial charge < -0.3 is 15.8 Å². The second-order valence-corrected chi connectivity index (χ2v) is 9.97. The molecule has 1 saturated heterocycles. The Kier molecular flexibility index (Phi) is 9.72. The number of anilines is 1. The SMILES string of the molecule is C.CCn1ncc2c(NC3CCOCC3)c(C(C)=O)cnc21.CS(=O)(=O)c1ccc(CN)cc1. The Morgan fingerprint density at radius 3 is 2.38 bits per heavy atom. The summed E-state index contributed by atoms with van der Waals surface area (Å²) in [6.07, 6.45) is 6.52. The van der Waals surface area contributed by atoms with E-state index in [-0.39, 0.29) is 13.2 Å². The monoisotopic (exact) mass is 489 g/mol. The molecule has 1 fully saturated rings. The van der Waals surface area contributed by atoms with Crippen molar-refractivity contribution in [2.24, 2.45) is 5.73 Å². The van der Waals surface area contributed by atoms with E-state index in [0.29, 0.717) is 23.0 Å². The van der Waals surface area contributed by atoms with Crippen LogP contribution in [0.2, 0.25) is 0 Å². The highest BCUT2D eigenvalue weighted by atomic mass is 32.2. The summed E-state index contributed by atoms with van der Waals surface area (Å²) in [5.41, 5.74) is 8.60. The summed E-state index contributed by atoms with van der Waals surface area (Å²) in [6, 6.07) is 6.90. The second-order valence-electron chi connectivity index (χ2n) is 7.95. The van der Waals surface area contributed by atoms with Crippen molar-refractivity contribution in [1.29, 1.82) is 0 Å². The van der Waals surface area contributed by atoms with Crippen molar-refractivity contribution < 1.29 is 17.9 Å². The van der Waals surface area contributed by atoms with Gasteiger partial charge in [0.15, 0.2) is 21.3 Å². The van der Waals surface area contributed by atoms with Gasteiger partial charge in [-0.2, -0.15) is 5.10 Å². The standard InChI is InChI=1S/C15H20N4O2.C8H11NO2S.CH4/c1-3-19-15-13(9-17-19)14(12(8-16-15)10(2)20)18-11-4-6-21-7-5-11;1-12(10,11)8-4-2-7(6-9)3-5-8;/h8-9,11H,3-7H2,1-2H3,(H,16,18);2-5H,6,9H2,1H3;1H4. The van der Waals surface area contributed by atoms with Crippen molar-refractivity contribution in [3.63, 3.8) is 0 Å². The average molecular weight is 490 g/mol. The van der Waals surface area contributed by atoms with E-state index in [1.807, 2.05) is 11.6 Å². The molecule has 9 nitrogen and oxygen atoms in total. The molecule has 0 saturated carbocycles. The Morgan fingerprint density at radius 2 is 1.85 bits per heavy atom. The first-order valence-electron chi connectivity index (χ1n) is 10.9. The van der Waals surface area contributed by atoms with E-state index in [0.717, 1.165) is 54.9 Å². The maximum atomic E-state index is 11.9. The Hall–Kier alpha value is -2.82. The summed E-state index contributed by atoms with van der Waals surface area (Å²) in [7, 11) is -3.07. The minimum absolute atomic E-state index is 0. The zero-order valence-corrected chi connectivity index (χ0v) is 20.1. The zero-order chi connectivity index (χ0) is 24.0. The third-order valence-corrected chi connectivity index (χ3v) is 6.63. The summed E-state index contributed by atoms with van der Waals surface area (Å²) < 4.78 is 29.2. The number of nitrogens with two attached hydrogens (primary N) is 1. The van der Waals surface area contributed by atoms with Gasteiger partial charge in [0.1, 0.15) is 0 Å². The number of nitrogens with zero attached hydrogens (tertiary/aromatic N) is 3. The first-order valence-corrected chi connectivity index (χ1v) is 12.8. The number of carbonyl (C=O) groups is 1. The number of rotatable bonds is 6. The Morgan fingerprint density at radius 1 is 1.21 bits per heavy atom. The molecule has 0 bridgehead atoms. The topological polar surface area (TPSA) is 129 Å². The van der Waals surface area contributed by atoms with E-state index < -0.39 is 9.84 Å². The van der Waals surface area contributed by atoms with E-state index in [4.69, 9.17) is 10.5 Å². The summed E-state index contributed by atoms with van der Waals surface area (Å²) in [4.78, 5) is 16.6. The number of nitrogens with one attached hydrogen (secondary N) is 1. The predicted octanol–water partition coefficient (Wildman–Crippen LogP) is 3.43. The fourth-order valence-electron chi connectivity index (χ4n) is 3.60. The zero-order valence-electron chi connectivity index (χ0n) is 19.2. The van der Waals surface area contributed by atoms with E-state index in [2.05, 4.69) is 15.4 Å². The van der Waals surface area contributed by atoms with Crippen LogP contribution in [-0.4, -0.2) is 54.5 Å². The fraction of sp³-hybridized carbons (Fsp3) is 0.458. The first kappa shape index (κ1) is 27.4. The van der Waals surface area contributed by atoms with Gasteiger partial charge in [0.05, 0.1) is 27.7 Å². The lowest BCUT2D eigenvalue weighted by atomic mass is 10.1. The van der Waals surface area contributed by atoms with Crippen LogP contribution < -0.4 is 11.1 Å². The van der Waals surface area contributed by atoms with Crippen molar-refractivity contribution in [3.8, 4) is 0 Å². The quantitative estimate of drug-likeness (QED) is 0.504. The molecule has 0 radical (unpaired) electrons. The molecule has 0 atom stereocenters. The lowest BCUT2D eigenvalue weighted by molar-refractivity contribution is 0.0904. The number of fused-ring (bicyclic) bond motifs is 1. The second kappa shape index (κ2) is 12.0. The Labute approximate surface area is 201 Å². The number of ether oxygens (including phenoxy) is 1. The minimum atomic E-state index is -3.07. The van der Waals surface area contributed by atoms with Gasteiger partial charge in [-0.25, -0.2) is 18.1 Å². The number of Topliss-reactive ketones (excluding diaryl/α,β-unsaturated/α-hetero) is 1. The maximum absolute atomic E-state index is 11.9. The van der Waals surface area contributed by atoms with Crippen LogP contribution in [0.5, 0.6) is 0 Å². The van der Waals surface area contributed by atoms with Crippen LogP contribution in [0.4, 0.5) is 5.69 Å². The summed E-state index contributed by atoms with van der Waals surface area (Å²) >= 11 is 0. The van der Waals surface area contributed by atoms with Gasteiger partial charge in [-0.1, -0.05) is 19.6 Å². The minimum Gasteiger partial charge on any atom is -0.381 e. The van der Waals surface area contributed by atoms with Crippen LogP contribution >= 0.6 is 0 Å². The van der Waals surface area contributed by atoms with Gasteiger partial charge in [0.2, 0.25) is 0 Å². The number of pyridine rings is 1. The molecule has 1 aliphatic rings. The molecule has 0 amide bonds. The van der Waals surface area contributed by atoms with Crippen LogP contribution in [0.3, 0.4) is 0 Å². The van der Waals surface area contributed by atoms with Gasteiger partial charge >= 0.3 is 0 Å². The molecule has 34 heavy (non-hydrogen) atoms. The van der Waals surface area contributed by atoms with Gasteiger partial charge in [-0.15, -0.1) is 0 Å². The number of hydrogen-bond donors (Lipinski definition) is 2. The average Bonchev–Trinajstić information content (AvgIpc) is 3.23. The molecule has 1 aliphatic heterocycles. The molecule has 0 unspecified atom stereocenters. The molecule has 1 aromatic carbocycles. The predicted molar refractivity (Wildman–Crippen MR) is 135 cm³/mol. The summed E-state index contributed by atoms with van der Waals surface area (Å²) in [5, 5.41) is 8.78. The van der Waals surface area contributed by atoms with Crippen molar-refractivity contribution in [2.75, 3.05) is 24.8 Å². The molecule has 4 rings (SSSR count). The molecule has 2 aromatic heterocycles. The number of aromatic nitrogens is 3. The van der Waals surface area contributed by atoms with Gasteiger partial charge in [0.25, 0.3) is 0 Å². The third-order valence-electron chi connectivity index (χ3n) is 5.50. The Bertz CT molecular complexity index is 1200. The van der Waals surface area contributed by atoms with Crippen LogP contribution in [0.25, 0.3) is 11.0 Å². The molecule has 3 N–H and O–H groups in total. The summed E-state index contributed by atoms with van der Waals surface area (Å²) in [5.74, 6) is 0.0169. The number of benzene rings is 1. The van der Waals surface area contributed by atoms with Crippen molar-refractivity contribution in [2.45, 2.75) is 58.1 Å². The van der Waals surface area contributed by atoms with E-state index in [1.165, 1.54) is 6.26 Å². The van der Waals surface area contributed by atoms with E-state index >= 15 is 0 Å². The van der Waals surface area contributed by atoms with Crippen molar-refractivity contribution >= 4 is 32.3 Å². The lowest BCUT2D eigenvalue weighted by Gasteiger charge is -2.25. The Balaban J connectivity index is 0.000000270. The van der Waals surface area contributed by atoms with Crippen molar-refractivity contribution in [3.05, 3.63) is 47.8 Å². The number of carbonyl (C=O) groups excluding carboxylic acids is 1. The van der Waals surface area contributed by atoms with Gasteiger partial charge in [0, 0.05) is 44.8 Å². The number of ketones is 1. The van der Waals surface area contributed by atoms with Crippen LogP contribution in [0.15, 0.2) is 41.6 Å². The maximum Gasteiger partial charge on any atom is 0.175 e. The highest BCUT2D eigenvalue weighted by Gasteiger charge is 2.20. The molecule has 3 heterocycles. The molecule has 10 heteroatoms. The van der Waals surface area contributed by atoms with Crippen LogP contribution in [-0.2, 0) is 27.7 Å². The molecular weight excluding hydrogens is 454 g/mol. The number of sulfone groups is 1. The van der Waals surface area contributed by atoms with Crippen LogP contribution in [0.1, 0.15) is 50.0 Å². The summed E-state index contributed by atoms with van der Waals surface area (Å²) in [6.45, 7) is 6.31. The largest absolute Gasteiger partial charge is 0.381 e. The first-order chi connectivity index (χ1) is 15.7. The van der Waals surface area contributed by atoms with Gasteiger partial charge in [-0.3, -0.25) is 4.79 Å². The third kappa shape index (κ3) is 6.62. The van der Waals surface area contributed by atoms with Gasteiger partial charge in [-0.05, 0) is 44.4 Å². The molecule has 0 aliphatic carbocycles. The number of aryl methyl sites for hydroxylation is 1. The molecular formula is C24H35N5O4S. The van der Waals surface area contributed by atoms with Crippen molar-refractivity contribution in [1.82, 2.24) is 14.8 Å². The number of hydrogen-bond acceptors (Lipinski definition) is 8. The molecule has 3 aromatic rings. The van der Waals surface area contributed by atoms with Crippen LogP contribution in [0, 0.1) is 0 Å². The highest BCUT2D eigenvalue weighted by molar-refractivity contribution is 7.90. The smallest absolute Gasteiger partial charge is 0.175 e.